The van der Waals surface area contributed by atoms with Crippen LogP contribution in [0, 0.1) is 12.3 Å². The predicted molar refractivity (Wildman–Crippen MR) is 70.5 cm³/mol. The van der Waals surface area contributed by atoms with Crippen molar-refractivity contribution in [3.63, 3.8) is 0 Å². The second-order valence-corrected chi connectivity index (χ2v) is 4.75. The van der Waals surface area contributed by atoms with Gasteiger partial charge in [0, 0.05) is 11.3 Å². The van der Waals surface area contributed by atoms with Gasteiger partial charge in [-0.15, -0.1) is 18.2 Å². The summed E-state index contributed by atoms with van der Waals surface area (Å²) in [5.41, 5.74) is 2.34. The molecule has 88 valence electrons. The lowest BCUT2D eigenvalue weighted by Crippen LogP contribution is -2.18. The van der Waals surface area contributed by atoms with Gasteiger partial charge in [-0.1, -0.05) is 30.7 Å². The van der Waals surface area contributed by atoms with Crippen molar-refractivity contribution in [1.82, 2.24) is 0 Å². The molecule has 0 N–H and O–H groups in total. The van der Waals surface area contributed by atoms with Gasteiger partial charge in [0.2, 0.25) is 0 Å². The highest BCUT2D eigenvalue weighted by molar-refractivity contribution is 6.18. The summed E-state index contributed by atoms with van der Waals surface area (Å²) in [5.74, 6) is 1.48. The molecule has 1 aromatic carbocycles. The Bertz CT molecular complexity index is 373. The third-order valence-corrected chi connectivity index (χ3v) is 3.44. The van der Waals surface area contributed by atoms with Crippen molar-refractivity contribution in [1.29, 1.82) is 0 Å². The van der Waals surface area contributed by atoms with Crippen LogP contribution in [-0.4, -0.2) is 13.0 Å². The van der Waals surface area contributed by atoms with Crippen molar-refractivity contribution < 1.29 is 4.74 Å². The monoisotopic (exact) mass is 238 g/mol. The maximum absolute atomic E-state index is 5.98. The summed E-state index contributed by atoms with van der Waals surface area (Å²) < 4.78 is 5.36. The van der Waals surface area contributed by atoms with Crippen LogP contribution in [0.1, 0.15) is 18.1 Å². The predicted octanol–water partition coefficient (Wildman–Crippen LogP) is 3.98. The van der Waals surface area contributed by atoms with Gasteiger partial charge in [-0.25, -0.2) is 0 Å². The highest BCUT2D eigenvalue weighted by Crippen LogP contribution is 2.30. The van der Waals surface area contributed by atoms with Crippen LogP contribution in [0.2, 0.25) is 0 Å². The average Bonchev–Trinajstić information content (AvgIpc) is 2.29. The van der Waals surface area contributed by atoms with E-state index in [1.165, 1.54) is 11.1 Å². The van der Waals surface area contributed by atoms with Crippen LogP contribution in [0.25, 0.3) is 0 Å². The zero-order chi connectivity index (χ0) is 12.2. The van der Waals surface area contributed by atoms with E-state index in [0.29, 0.717) is 5.88 Å². The molecule has 16 heavy (non-hydrogen) atoms. The van der Waals surface area contributed by atoms with E-state index in [-0.39, 0.29) is 5.41 Å². The number of aryl methyl sites for hydroxylation is 1. The first-order valence-corrected chi connectivity index (χ1v) is 5.91. The molecule has 0 saturated heterocycles. The van der Waals surface area contributed by atoms with Crippen LogP contribution in [-0.2, 0) is 6.42 Å². The van der Waals surface area contributed by atoms with Gasteiger partial charge in [-0.2, -0.15) is 0 Å². The Kier molecular flexibility index (Phi) is 4.43. The summed E-state index contributed by atoms with van der Waals surface area (Å²) in [5, 5.41) is 0. The van der Waals surface area contributed by atoms with E-state index in [1.807, 2.05) is 18.2 Å². The lowest BCUT2D eigenvalue weighted by atomic mass is 9.85. The molecule has 0 aliphatic rings. The first-order valence-electron chi connectivity index (χ1n) is 5.38. The minimum Gasteiger partial charge on any atom is -0.496 e. The van der Waals surface area contributed by atoms with Crippen LogP contribution in [0.3, 0.4) is 0 Å². The molecule has 1 rings (SSSR count). The molecule has 1 aromatic rings. The molecule has 2 heteroatoms. The van der Waals surface area contributed by atoms with E-state index in [2.05, 4.69) is 26.5 Å². The van der Waals surface area contributed by atoms with Crippen molar-refractivity contribution in [2.45, 2.75) is 20.3 Å². The molecule has 0 fully saturated rings. The highest BCUT2D eigenvalue weighted by atomic mass is 35.5. The normalized spacial score (nSPS) is 14.2. The molecule has 0 amide bonds. The molecular weight excluding hydrogens is 220 g/mol. The van der Waals surface area contributed by atoms with Gasteiger partial charge < -0.3 is 4.74 Å². The third-order valence-electron chi connectivity index (χ3n) is 2.83. The first kappa shape index (κ1) is 13.1. The first-order chi connectivity index (χ1) is 7.54. The number of hydrogen-bond acceptors (Lipinski definition) is 1. The average molecular weight is 239 g/mol. The Hall–Kier alpha value is -0.950. The zero-order valence-corrected chi connectivity index (χ0v) is 11.0. The highest BCUT2D eigenvalue weighted by Gasteiger charge is 2.21. The van der Waals surface area contributed by atoms with E-state index in [9.17, 15) is 0 Å². The van der Waals surface area contributed by atoms with Crippen molar-refractivity contribution in [3.05, 3.63) is 42.0 Å². The van der Waals surface area contributed by atoms with E-state index >= 15 is 0 Å². The molecule has 0 bridgehead atoms. The quantitative estimate of drug-likeness (QED) is 0.557. The maximum atomic E-state index is 5.98. The topological polar surface area (TPSA) is 9.23 Å². The summed E-state index contributed by atoms with van der Waals surface area (Å²) in [4.78, 5) is 0. The van der Waals surface area contributed by atoms with E-state index in [4.69, 9.17) is 16.3 Å². The molecule has 0 saturated carbocycles. The lowest BCUT2D eigenvalue weighted by molar-refractivity contribution is 0.398. The third kappa shape index (κ3) is 3.02. The Morgan fingerprint density at radius 3 is 2.69 bits per heavy atom. The number of alkyl halides is 1. The fraction of sp³-hybridized carbons (Fsp3) is 0.429. The van der Waals surface area contributed by atoms with Crippen molar-refractivity contribution in [2.24, 2.45) is 5.41 Å². The maximum Gasteiger partial charge on any atom is 0.122 e. The largest absolute Gasteiger partial charge is 0.496 e. The Morgan fingerprint density at radius 1 is 1.50 bits per heavy atom. The molecule has 1 nitrogen and oxygen atoms in total. The minimum absolute atomic E-state index is 0.0807. The number of methoxy groups -OCH3 is 1. The number of halogens is 1. The van der Waals surface area contributed by atoms with Crippen LogP contribution in [0.5, 0.6) is 5.75 Å². The summed E-state index contributed by atoms with van der Waals surface area (Å²) in [7, 11) is 1.69. The molecule has 0 aliphatic carbocycles. The van der Waals surface area contributed by atoms with Crippen LogP contribution in [0.15, 0.2) is 30.9 Å². The van der Waals surface area contributed by atoms with Crippen LogP contribution < -0.4 is 4.74 Å². The van der Waals surface area contributed by atoms with E-state index in [1.54, 1.807) is 7.11 Å². The van der Waals surface area contributed by atoms with E-state index in [0.717, 1.165) is 12.2 Å². The molecule has 1 atom stereocenters. The summed E-state index contributed by atoms with van der Waals surface area (Å²) >= 11 is 5.98. The number of ether oxygens (including phenoxy) is 1. The second kappa shape index (κ2) is 5.40. The molecule has 0 aliphatic heterocycles. The Balaban J connectivity index is 3.03. The summed E-state index contributed by atoms with van der Waals surface area (Å²) in [6, 6.07) is 6.20. The number of rotatable bonds is 5. The SMILES string of the molecule is C=CC(C)(CCl)Cc1cc(C)ccc1OC. The molecule has 0 radical (unpaired) electrons. The minimum atomic E-state index is -0.0807. The van der Waals surface area contributed by atoms with Gasteiger partial charge >= 0.3 is 0 Å². The fourth-order valence-electron chi connectivity index (χ4n) is 1.65. The number of allylic oxidation sites excluding steroid dienone is 1. The van der Waals surface area contributed by atoms with Gasteiger partial charge in [0.1, 0.15) is 5.75 Å². The zero-order valence-electron chi connectivity index (χ0n) is 10.2. The van der Waals surface area contributed by atoms with Crippen LogP contribution in [0.4, 0.5) is 0 Å². The second-order valence-electron chi connectivity index (χ2n) is 4.48. The van der Waals surface area contributed by atoms with Crippen LogP contribution >= 0.6 is 11.6 Å². The number of benzene rings is 1. The van der Waals surface area contributed by atoms with Gasteiger partial charge in [-0.05, 0) is 25.0 Å². The van der Waals surface area contributed by atoms with Gasteiger partial charge in [0.05, 0.1) is 7.11 Å². The van der Waals surface area contributed by atoms with Crippen molar-refractivity contribution in [3.8, 4) is 5.75 Å². The Labute approximate surface area is 103 Å². The standard InChI is InChI=1S/C14H19ClO/c1-5-14(3,10-15)9-12-8-11(2)6-7-13(12)16-4/h5-8H,1,9-10H2,2-4H3. The number of hydrogen-bond donors (Lipinski definition) is 0. The summed E-state index contributed by atoms with van der Waals surface area (Å²) in [6.07, 6.45) is 2.77. The van der Waals surface area contributed by atoms with Gasteiger partial charge in [-0.3, -0.25) is 0 Å². The summed E-state index contributed by atoms with van der Waals surface area (Å²) in [6.45, 7) is 8.04. The van der Waals surface area contributed by atoms with E-state index < -0.39 is 0 Å². The molecule has 0 spiro atoms. The lowest BCUT2D eigenvalue weighted by Gasteiger charge is -2.24. The molecule has 1 unspecified atom stereocenters. The van der Waals surface area contributed by atoms with Gasteiger partial charge in [0.25, 0.3) is 0 Å². The van der Waals surface area contributed by atoms with Gasteiger partial charge in [0.15, 0.2) is 0 Å². The molecule has 0 heterocycles. The smallest absolute Gasteiger partial charge is 0.122 e. The van der Waals surface area contributed by atoms with Crippen molar-refractivity contribution in [2.75, 3.05) is 13.0 Å². The molecule has 0 aromatic heterocycles. The fourth-order valence-corrected chi connectivity index (χ4v) is 1.86. The molecular formula is C14H19ClO. The van der Waals surface area contributed by atoms with Crippen molar-refractivity contribution >= 4 is 11.6 Å². The Morgan fingerprint density at radius 2 is 2.19 bits per heavy atom.